The average molecular weight is 906 g/mol. The summed E-state index contributed by atoms with van der Waals surface area (Å²) in [7, 11) is 0. The molecule has 0 radical (unpaired) electrons. The van der Waals surface area contributed by atoms with Gasteiger partial charge in [-0.3, -0.25) is 14.4 Å². The van der Waals surface area contributed by atoms with Crippen LogP contribution in [0, 0.1) is 5.92 Å². The predicted octanol–water partition coefficient (Wildman–Crippen LogP) is 19.0. The third kappa shape index (κ3) is 51.4. The van der Waals surface area contributed by atoms with Gasteiger partial charge in [0.15, 0.2) is 6.10 Å². The van der Waals surface area contributed by atoms with Crippen molar-refractivity contribution in [3.05, 3.63) is 0 Å². The van der Waals surface area contributed by atoms with Crippen LogP contribution in [0.25, 0.3) is 0 Å². The lowest BCUT2D eigenvalue weighted by atomic mass is 10.0. The highest BCUT2D eigenvalue weighted by molar-refractivity contribution is 5.71. The second-order valence-electron chi connectivity index (χ2n) is 20.4. The molecule has 0 amide bonds. The summed E-state index contributed by atoms with van der Waals surface area (Å²) < 4.78 is 16.8. The zero-order valence-electron chi connectivity index (χ0n) is 43.8. The maximum Gasteiger partial charge on any atom is 0.306 e. The van der Waals surface area contributed by atoms with Gasteiger partial charge in [0, 0.05) is 19.3 Å². The molecular formula is C58H112O6. The quantitative estimate of drug-likeness (QED) is 0.0344. The van der Waals surface area contributed by atoms with Crippen LogP contribution in [0.1, 0.15) is 329 Å². The second kappa shape index (κ2) is 52.4. The molecule has 1 atom stereocenters. The van der Waals surface area contributed by atoms with Crippen LogP contribution in [-0.2, 0) is 28.6 Å². The van der Waals surface area contributed by atoms with Crippen molar-refractivity contribution in [1.82, 2.24) is 0 Å². The largest absolute Gasteiger partial charge is 0.462 e. The third-order valence-electron chi connectivity index (χ3n) is 13.3. The number of ether oxygens (including phenoxy) is 3. The fourth-order valence-corrected chi connectivity index (χ4v) is 8.92. The average Bonchev–Trinajstić information content (AvgIpc) is 3.28. The zero-order chi connectivity index (χ0) is 46.7. The van der Waals surface area contributed by atoms with E-state index in [9.17, 15) is 14.4 Å². The van der Waals surface area contributed by atoms with Crippen LogP contribution in [0.5, 0.6) is 0 Å². The number of unbranched alkanes of at least 4 members (excludes halogenated alkanes) is 40. The van der Waals surface area contributed by atoms with Gasteiger partial charge in [0.25, 0.3) is 0 Å². The van der Waals surface area contributed by atoms with Crippen LogP contribution in [0.3, 0.4) is 0 Å². The Morgan fingerprint density at radius 1 is 0.297 bits per heavy atom. The minimum Gasteiger partial charge on any atom is -0.462 e. The molecule has 0 aliphatic rings. The van der Waals surface area contributed by atoms with Crippen molar-refractivity contribution in [1.29, 1.82) is 0 Å². The zero-order valence-corrected chi connectivity index (χ0v) is 43.8. The van der Waals surface area contributed by atoms with E-state index in [1.54, 1.807) is 0 Å². The molecular weight excluding hydrogens is 793 g/mol. The van der Waals surface area contributed by atoms with Gasteiger partial charge < -0.3 is 14.2 Å². The molecule has 0 N–H and O–H groups in total. The summed E-state index contributed by atoms with van der Waals surface area (Å²) in [5, 5.41) is 0. The van der Waals surface area contributed by atoms with Gasteiger partial charge in [-0.1, -0.05) is 291 Å². The van der Waals surface area contributed by atoms with Crippen LogP contribution in [0.2, 0.25) is 0 Å². The third-order valence-corrected chi connectivity index (χ3v) is 13.3. The van der Waals surface area contributed by atoms with E-state index in [0.717, 1.165) is 63.7 Å². The highest BCUT2D eigenvalue weighted by atomic mass is 16.6. The molecule has 0 aliphatic carbocycles. The van der Waals surface area contributed by atoms with E-state index in [2.05, 4.69) is 27.7 Å². The summed E-state index contributed by atoms with van der Waals surface area (Å²) in [5.41, 5.74) is 0. The van der Waals surface area contributed by atoms with E-state index >= 15 is 0 Å². The van der Waals surface area contributed by atoms with E-state index in [-0.39, 0.29) is 31.1 Å². The molecule has 0 aromatic rings. The molecule has 0 saturated heterocycles. The number of carbonyl (C=O) groups is 3. The van der Waals surface area contributed by atoms with E-state index in [4.69, 9.17) is 14.2 Å². The molecule has 0 aromatic carbocycles. The van der Waals surface area contributed by atoms with E-state index in [1.807, 2.05) is 0 Å². The maximum absolute atomic E-state index is 12.8. The van der Waals surface area contributed by atoms with Crippen molar-refractivity contribution in [2.24, 2.45) is 5.92 Å². The molecule has 0 spiro atoms. The molecule has 0 rings (SSSR count). The molecule has 6 heteroatoms. The fraction of sp³-hybridized carbons (Fsp3) is 0.948. The first-order chi connectivity index (χ1) is 31.4. The van der Waals surface area contributed by atoms with Crippen molar-refractivity contribution in [3.8, 4) is 0 Å². The Bertz CT molecular complexity index is 964. The standard InChI is InChI=1S/C58H112O6/c1-5-7-9-11-13-14-15-16-17-18-22-25-28-31-34-38-42-46-50-57(60)63-53-55(52-62-56(59)49-45-41-36-12-10-8-6-2)64-58(61)51-47-43-39-35-32-29-26-23-20-19-21-24-27-30-33-37-40-44-48-54(3)4/h54-55H,5-53H2,1-4H3/t55-/m1/s1. The first-order valence-electron chi connectivity index (χ1n) is 28.9. The molecule has 0 aromatic heterocycles. The maximum atomic E-state index is 12.8. The lowest BCUT2D eigenvalue weighted by Crippen LogP contribution is -2.30. The molecule has 0 unspecified atom stereocenters. The lowest BCUT2D eigenvalue weighted by Gasteiger charge is -2.18. The Morgan fingerprint density at radius 2 is 0.516 bits per heavy atom. The van der Waals surface area contributed by atoms with Gasteiger partial charge >= 0.3 is 17.9 Å². The van der Waals surface area contributed by atoms with Gasteiger partial charge in [0.2, 0.25) is 0 Å². The van der Waals surface area contributed by atoms with Crippen LogP contribution in [0.15, 0.2) is 0 Å². The van der Waals surface area contributed by atoms with Gasteiger partial charge in [0.05, 0.1) is 0 Å². The molecule has 6 nitrogen and oxygen atoms in total. The van der Waals surface area contributed by atoms with Crippen LogP contribution in [0.4, 0.5) is 0 Å². The van der Waals surface area contributed by atoms with Crippen molar-refractivity contribution in [3.63, 3.8) is 0 Å². The number of esters is 3. The normalized spacial score (nSPS) is 12.0. The Hall–Kier alpha value is -1.59. The highest BCUT2D eigenvalue weighted by Gasteiger charge is 2.19. The first-order valence-corrected chi connectivity index (χ1v) is 28.9. The summed E-state index contributed by atoms with van der Waals surface area (Å²) in [5.74, 6) is 0.0145. The first kappa shape index (κ1) is 62.4. The molecule has 0 saturated carbocycles. The minimum absolute atomic E-state index is 0.0624. The fourth-order valence-electron chi connectivity index (χ4n) is 8.92. The Labute approximate surface area is 399 Å². The summed E-state index contributed by atoms with van der Waals surface area (Å²) in [6.07, 6.45) is 56.9. The molecule has 0 aliphatic heterocycles. The van der Waals surface area contributed by atoms with Gasteiger partial charge in [-0.15, -0.1) is 0 Å². The van der Waals surface area contributed by atoms with E-state index in [1.165, 1.54) is 225 Å². The molecule has 64 heavy (non-hydrogen) atoms. The monoisotopic (exact) mass is 905 g/mol. The lowest BCUT2D eigenvalue weighted by molar-refractivity contribution is -0.167. The minimum atomic E-state index is -0.760. The smallest absolute Gasteiger partial charge is 0.306 e. The predicted molar refractivity (Wildman–Crippen MR) is 275 cm³/mol. The van der Waals surface area contributed by atoms with Crippen molar-refractivity contribution < 1.29 is 28.6 Å². The summed E-state index contributed by atoms with van der Waals surface area (Å²) in [4.78, 5) is 37.9. The number of rotatable bonds is 53. The van der Waals surface area contributed by atoms with Gasteiger partial charge in [-0.2, -0.15) is 0 Å². The van der Waals surface area contributed by atoms with Crippen molar-refractivity contribution in [2.75, 3.05) is 13.2 Å². The van der Waals surface area contributed by atoms with Crippen LogP contribution in [-0.4, -0.2) is 37.2 Å². The Kier molecular flexibility index (Phi) is 51.1. The molecule has 380 valence electrons. The van der Waals surface area contributed by atoms with Gasteiger partial charge in [0.1, 0.15) is 13.2 Å². The summed E-state index contributed by atoms with van der Waals surface area (Å²) in [6.45, 7) is 9.03. The topological polar surface area (TPSA) is 78.9 Å². The SMILES string of the molecule is CCCCCCCCCCCCCCCCCCCCC(=O)OC[C@@H](COC(=O)CCCCCCCCC)OC(=O)CCCCCCCCCCCCCCCCCCCCC(C)C. The van der Waals surface area contributed by atoms with Crippen LogP contribution < -0.4 is 0 Å². The number of carbonyl (C=O) groups excluding carboxylic acids is 3. The van der Waals surface area contributed by atoms with E-state index in [0.29, 0.717) is 19.3 Å². The molecule has 0 fully saturated rings. The van der Waals surface area contributed by atoms with Gasteiger partial charge in [-0.25, -0.2) is 0 Å². The highest BCUT2D eigenvalue weighted by Crippen LogP contribution is 2.18. The Morgan fingerprint density at radius 3 is 0.766 bits per heavy atom. The van der Waals surface area contributed by atoms with Crippen LogP contribution >= 0.6 is 0 Å². The molecule has 0 bridgehead atoms. The van der Waals surface area contributed by atoms with E-state index < -0.39 is 6.10 Å². The molecule has 0 heterocycles. The Balaban J connectivity index is 4.12. The summed E-state index contributed by atoms with van der Waals surface area (Å²) >= 11 is 0. The van der Waals surface area contributed by atoms with Gasteiger partial charge in [-0.05, 0) is 25.2 Å². The van der Waals surface area contributed by atoms with Crippen molar-refractivity contribution in [2.45, 2.75) is 336 Å². The van der Waals surface area contributed by atoms with Crippen molar-refractivity contribution >= 4 is 17.9 Å². The number of hydrogen-bond acceptors (Lipinski definition) is 6. The number of hydrogen-bond donors (Lipinski definition) is 0. The summed E-state index contributed by atoms with van der Waals surface area (Å²) in [6, 6.07) is 0. The second-order valence-corrected chi connectivity index (χ2v) is 20.4.